The second kappa shape index (κ2) is 5.15. The highest BCUT2D eigenvalue weighted by Crippen LogP contribution is 2.17. The first-order valence-corrected chi connectivity index (χ1v) is 6.03. The van der Waals surface area contributed by atoms with Crippen molar-refractivity contribution in [3.63, 3.8) is 0 Å². The smallest absolute Gasteiger partial charge is 0.110 e. The van der Waals surface area contributed by atoms with Crippen LogP contribution in [0.1, 0.15) is 23.9 Å². The summed E-state index contributed by atoms with van der Waals surface area (Å²) in [5.41, 5.74) is 3.81. The number of imidazole rings is 1. The maximum atomic E-state index is 4.26. The van der Waals surface area contributed by atoms with Gasteiger partial charge in [-0.2, -0.15) is 0 Å². The third kappa shape index (κ3) is 2.56. The van der Waals surface area contributed by atoms with Gasteiger partial charge < -0.3 is 9.88 Å². The molecule has 0 radical (unpaired) electrons. The number of nitrogens with zero attached hydrogens (tertiary/aromatic N) is 2. The molecule has 1 N–H and O–H groups in total. The molecule has 0 aliphatic heterocycles. The van der Waals surface area contributed by atoms with E-state index < -0.39 is 0 Å². The maximum Gasteiger partial charge on any atom is 0.110 e. The lowest BCUT2D eigenvalue weighted by molar-refractivity contribution is 0.726. The first kappa shape index (κ1) is 11.9. The van der Waals surface area contributed by atoms with E-state index in [9.17, 15) is 0 Å². The molecule has 1 aromatic heterocycles. The van der Waals surface area contributed by atoms with Gasteiger partial charge in [-0.3, -0.25) is 0 Å². The molecule has 2 rings (SSSR count). The van der Waals surface area contributed by atoms with Gasteiger partial charge >= 0.3 is 0 Å². The van der Waals surface area contributed by atoms with Crippen molar-refractivity contribution in [3.8, 4) is 5.69 Å². The zero-order chi connectivity index (χ0) is 12.3. The van der Waals surface area contributed by atoms with Crippen LogP contribution >= 0.6 is 0 Å². The predicted molar refractivity (Wildman–Crippen MR) is 70.4 cm³/mol. The van der Waals surface area contributed by atoms with Crippen molar-refractivity contribution < 1.29 is 0 Å². The average molecular weight is 229 g/mol. The van der Waals surface area contributed by atoms with E-state index in [0.717, 1.165) is 18.9 Å². The van der Waals surface area contributed by atoms with Crippen molar-refractivity contribution >= 4 is 0 Å². The largest absolute Gasteiger partial charge is 0.313 e. The van der Waals surface area contributed by atoms with Crippen LogP contribution in [-0.4, -0.2) is 16.1 Å². The molecular formula is C14H19N3. The van der Waals surface area contributed by atoms with Crippen molar-refractivity contribution in [2.45, 2.75) is 27.3 Å². The second-order valence-corrected chi connectivity index (χ2v) is 4.25. The summed E-state index contributed by atoms with van der Waals surface area (Å²) in [5, 5.41) is 3.34. The van der Waals surface area contributed by atoms with Crippen molar-refractivity contribution in [1.29, 1.82) is 0 Å². The number of benzene rings is 1. The van der Waals surface area contributed by atoms with E-state index in [-0.39, 0.29) is 0 Å². The van der Waals surface area contributed by atoms with Crippen LogP contribution in [0, 0.1) is 13.8 Å². The van der Waals surface area contributed by atoms with Gasteiger partial charge in [0.25, 0.3) is 0 Å². The minimum absolute atomic E-state index is 0.931. The normalized spacial score (nSPS) is 10.8. The lowest BCUT2D eigenvalue weighted by atomic mass is 10.1. The Morgan fingerprint density at radius 3 is 2.71 bits per heavy atom. The molecule has 0 saturated heterocycles. The SMILES string of the molecule is CCNCc1ccc(-n2ccnc2C)c(C)c1. The summed E-state index contributed by atoms with van der Waals surface area (Å²) in [4.78, 5) is 4.26. The lowest BCUT2D eigenvalue weighted by Gasteiger charge is -2.11. The van der Waals surface area contributed by atoms with Crippen LogP contribution in [0.4, 0.5) is 0 Å². The Labute approximate surface area is 103 Å². The quantitative estimate of drug-likeness (QED) is 0.873. The lowest BCUT2D eigenvalue weighted by Crippen LogP contribution is -2.12. The van der Waals surface area contributed by atoms with Gasteiger partial charge in [0.05, 0.1) is 0 Å². The van der Waals surface area contributed by atoms with Crippen molar-refractivity contribution in [2.75, 3.05) is 6.54 Å². The Morgan fingerprint density at radius 2 is 2.12 bits per heavy atom. The molecule has 1 aromatic carbocycles. The summed E-state index contributed by atoms with van der Waals surface area (Å²) in [7, 11) is 0. The van der Waals surface area contributed by atoms with E-state index >= 15 is 0 Å². The van der Waals surface area contributed by atoms with E-state index in [0.29, 0.717) is 0 Å². The minimum Gasteiger partial charge on any atom is -0.313 e. The summed E-state index contributed by atoms with van der Waals surface area (Å²) >= 11 is 0. The first-order chi connectivity index (χ1) is 8.22. The van der Waals surface area contributed by atoms with Crippen LogP contribution in [0.2, 0.25) is 0 Å². The van der Waals surface area contributed by atoms with Crippen LogP contribution in [-0.2, 0) is 6.54 Å². The molecule has 0 aliphatic carbocycles. The highest BCUT2D eigenvalue weighted by Gasteiger charge is 2.04. The topological polar surface area (TPSA) is 29.9 Å². The number of aromatic nitrogens is 2. The Hall–Kier alpha value is -1.61. The fourth-order valence-electron chi connectivity index (χ4n) is 2.00. The van der Waals surface area contributed by atoms with Crippen LogP contribution in [0.3, 0.4) is 0 Å². The Morgan fingerprint density at radius 1 is 1.29 bits per heavy atom. The van der Waals surface area contributed by atoms with E-state index in [1.165, 1.54) is 16.8 Å². The van der Waals surface area contributed by atoms with Gasteiger partial charge in [-0.15, -0.1) is 0 Å². The Bertz CT molecular complexity index is 500. The zero-order valence-electron chi connectivity index (χ0n) is 10.7. The van der Waals surface area contributed by atoms with Crippen molar-refractivity contribution in [2.24, 2.45) is 0 Å². The molecule has 0 unspecified atom stereocenters. The Balaban J connectivity index is 2.29. The number of hydrogen-bond donors (Lipinski definition) is 1. The van der Waals surface area contributed by atoms with Crippen LogP contribution in [0.5, 0.6) is 0 Å². The molecule has 3 heteroatoms. The maximum absolute atomic E-state index is 4.26. The Kier molecular flexibility index (Phi) is 3.59. The molecule has 0 amide bonds. The molecule has 90 valence electrons. The monoisotopic (exact) mass is 229 g/mol. The molecule has 3 nitrogen and oxygen atoms in total. The number of hydrogen-bond acceptors (Lipinski definition) is 2. The molecule has 0 aliphatic rings. The molecule has 2 aromatic rings. The molecule has 0 bridgehead atoms. The van der Waals surface area contributed by atoms with Crippen LogP contribution in [0.15, 0.2) is 30.6 Å². The molecule has 0 spiro atoms. The molecule has 1 heterocycles. The molecule has 0 atom stereocenters. The van der Waals surface area contributed by atoms with E-state index in [1.807, 2.05) is 19.3 Å². The molecule has 17 heavy (non-hydrogen) atoms. The van der Waals surface area contributed by atoms with Crippen LogP contribution in [0.25, 0.3) is 5.69 Å². The van der Waals surface area contributed by atoms with Crippen molar-refractivity contribution in [3.05, 3.63) is 47.5 Å². The van der Waals surface area contributed by atoms with Gasteiger partial charge in [0.15, 0.2) is 0 Å². The predicted octanol–water partition coefficient (Wildman–Crippen LogP) is 2.60. The van der Waals surface area contributed by atoms with Crippen molar-refractivity contribution in [1.82, 2.24) is 14.9 Å². The second-order valence-electron chi connectivity index (χ2n) is 4.25. The molecule has 0 fully saturated rings. The fourth-order valence-corrected chi connectivity index (χ4v) is 2.00. The van der Waals surface area contributed by atoms with Gasteiger partial charge in [-0.1, -0.05) is 19.1 Å². The summed E-state index contributed by atoms with van der Waals surface area (Å²) < 4.78 is 2.12. The van der Waals surface area contributed by atoms with Gasteiger partial charge in [0.1, 0.15) is 5.82 Å². The average Bonchev–Trinajstić information content (AvgIpc) is 2.73. The highest BCUT2D eigenvalue weighted by molar-refractivity contribution is 5.43. The number of aryl methyl sites for hydroxylation is 2. The summed E-state index contributed by atoms with van der Waals surface area (Å²) in [6.45, 7) is 8.22. The van der Waals surface area contributed by atoms with E-state index in [2.05, 4.69) is 46.9 Å². The number of nitrogens with one attached hydrogen (secondary N) is 1. The van der Waals surface area contributed by atoms with Gasteiger partial charge in [-0.25, -0.2) is 4.98 Å². The van der Waals surface area contributed by atoms with Gasteiger partial charge in [0, 0.05) is 24.6 Å². The van der Waals surface area contributed by atoms with E-state index in [1.54, 1.807) is 0 Å². The number of rotatable bonds is 4. The van der Waals surface area contributed by atoms with Gasteiger partial charge in [0.2, 0.25) is 0 Å². The highest BCUT2D eigenvalue weighted by atomic mass is 15.1. The summed E-state index contributed by atoms with van der Waals surface area (Å²) in [5.74, 6) is 1.02. The van der Waals surface area contributed by atoms with Gasteiger partial charge in [-0.05, 0) is 37.6 Å². The molecule has 0 saturated carbocycles. The zero-order valence-corrected chi connectivity index (χ0v) is 10.7. The third-order valence-electron chi connectivity index (χ3n) is 2.93. The first-order valence-electron chi connectivity index (χ1n) is 6.03. The fraction of sp³-hybridized carbons (Fsp3) is 0.357. The van der Waals surface area contributed by atoms with Crippen LogP contribution < -0.4 is 5.32 Å². The standard InChI is InChI=1S/C14H19N3/c1-4-15-10-13-5-6-14(11(2)9-13)17-8-7-16-12(17)3/h5-9,15H,4,10H2,1-3H3. The summed E-state index contributed by atoms with van der Waals surface area (Å²) in [6.07, 6.45) is 3.84. The summed E-state index contributed by atoms with van der Waals surface area (Å²) in [6, 6.07) is 6.57. The molecular weight excluding hydrogens is 210 g/mol. The third-order valence-corrected chi connectivity index (χ3v) is 2.93. The minimum atomic E-state index is 0.931. The van der Waals surface area contributed by atoms with E-state index in [4.69, 9.17) is 0 Å².